The molecule has 6 atom stereocenters. The minimum Gasteiger partial charge on any atom is -0.363 e. The summed E-state index contributed by atoms with van der Waals surface area (Å²) in [5.74, 6) is 0.678. The molecule has 0 radical (unpaired) electrons. The zero-order valence-electron chi connectivity index (χ0n) is 10.3. The van der Waals surface area contributed by atoms with Crippen molar-refractivity contribution in [3.63, 3.8) is 0 Å². The zero-order valence-corrected chi connectivity index (χ0v) is 12.6. The SMILES string of the molecule is C=CC[C@H]1C(=O)C[C@@H](OP)[C@@H]1CC[C@@H](C)OP. The predicted octanol–water partition coefficient (Wildman–Crippen LogP) is 2.92. The molecular weight excluding hydrogens is 254 g/mol. The maximum absolute atomic E-state index is 11.9. The van der Waals surface area contributed by atoms with Gasteiger partial charge in [0.25, 0.3) is 0 Å². The van der Waals surface area contributed by atoms with Crippen LogP contribution in [0.1, 0.15) is 32.6 Å². The van der Waals surface area contributed by atoms with Gasteiger partial charge in [-0.1, -0.05) is 6.08 Å². The maximum Gasteiger partial charge on any atom is 0.139 e. The molecule has 0 bridgehead atoms. The first-order chi connectivity index (χ1) is 8.13. The van der Waals surface area contributed by atoms with Gasteiger partial charge in [0.05, 0.1) is 12.2 Å². The Morgan fingerprint density at radius 2 is 2.29 bits per heavy atom. The molecule has 0 spiro atoms. The van der Waals surface area contributed by atoms with Crippen molar-refractivity contribution >= 4 is 24.7 Å². The van der Waals surface area contributed by atoms with E-state index in [9.17, 15) is 4.79 Å². The second-order valence-electron chi connectivity index (χ2n) is 4.66. The largest absolute Gasteiger partial charge is 0.363 e. The highest BCUT2D eigenvalue weighted by Gasteiger charge is 2.41. The van der Waals surface area contributed by atoms with E-state index >= 15 is 0 Å². The molecule has 3 nitrogen and oxygen atoms in total. The highest BCUT2D eigenvalue weighted by molar-refractivity contribution is 7.10. The first kappa shape index (κ1) is 15.2. The molecule has 1 saturated carbocycles. The molecule has 0 amide bonds. The first-order valence-electron chi connectivity index (χ1n) is 5.98. The fourth-order valence-corrected chi connectivity index (χ4v) is 2.95. The number of hydrogen-bond acceptors (Lipinski definition) is 3. The van der Waals surface area contributed by atoms with Crippen molar-refractivity contribution in [2.45, 2.75) is 44.8 Å². The van der Waals surface area contributed by atoms with Crippen LogP contribution in [0, 0.1) is 11.8 Å². The number of rotatable bonds is 7. The van der Waals surface area contributed by atoms with E-state index in [0.717, 1.165) is 19.3 Å². The third kappa shape index (κ3) is 4.10. The summed E-state index contributed by atoms with van der Waals surface area (Å²) in [6.07, 6.45) is 5.25. The molecule has 1 fully saturated rings. The first-order valence-corrected chi connectivity index (χ1v) is 6.93. The van der Waals surface area contributed by atoms with E-state index in [4.69, 9.17) is 9.05 Å². The summed E-state index contributed by atoms with van der Waals surface area (Å²) in [7, 11) is 4.57. The lowest BCUT2D eigenvalue weighted by atomic mass is 9.87. The molecule has 0 aliphatic heterocycles. The Morgan fingerprint density at radius 1 is 1.59 bits per heavy atom. The monoisotopic (exact) mass is 276 g/mol. The lowest BCUT2D eigenvalue weighted by Gasteiger charge is -2.23. The van der Waals surface area contributed by atoms with Crippen molar-refractivity contribution in [2.24, 2.45) is 11.8 Å². The second-order valence-corrected chi connectivity index (χ2v) is 5.21. The Labute approximate surface area is 108 Å². The van der Waals surface area contributed by atoms with Gasteiger partial charge in [0.1, 0.15) is 5.78 Å². The predicted molar refractivity (Wildman–Crippen MR) is 75.5 cm³/mol. The van der Waals surface area contributed by atoms with Gasteiger partial charge in [0, 0.05) is 31.3 Å². The standard InChI is InChI=1S/C12H22O3P2/c1-3-4-9-10(6-5-8(2)14-16)12(15-17)7-11(9)13/h3,8-10,12H,1,4-7,16-17H2,2H3/t8-,9-,10-,12-/m1/s1. The van der Waals surface area contributed by atoms with E-state index in [1.165, 1.54) is 0 Å². The van der Waals surface area contributed by atoms with E-state index in [0.29, 0.717) is 18.1 Å². The second kappa shape index (κ2) is 7.59. The Balaban J connectivity index is 2.61. The van der Waals surface area contributed by atoms with Crippen LogP contribution in [0.2, 0.25) is 0 Å². The molecule has 0 saturated heterocycles. The molecule has 0 aromatic heterocycles. The summed E-state index contributed by atoms with van der Waals surface area (Å²) >= 11 is 0. The molecular formula is C12H22O3P2. The minimum atomic E-state index is 0.0363. The topological polar surface area (TPSA) is 35.5 Å². The van der Waals surface area contributed by atoms with Gasteiger partial charge in [-0.2, -0.15) is 0 Å². The fraction of sp³-hybridized carbons (Fsp3) is 0.750. The third-order valence-corrected chi connectivity index (χ3v) is 4.36. The normalized spacial score (nSPS) is 30.5. The lowest BCUT2D eigenvalue weighted by molar-refractivity contribution is -0.121. The number of Topliss-reactive ketones (excluding diaryl/α,β-unsaturated/α-hetero) is 1. The minimum absolute atomic E-state index is 0.0363. The molecule has 98 valence electrons. The summed E-state index contributed by atoms with van der Waals surface area (Å²) in [6, 6.07) is 0. The van der Waals surface area contributed by atoms with Crippen LogP contribution in [0.3, 0.4) is 0 Å². The summed E-state index contributed by atoms with van der Waals surface area (Å²) < 4.78 is 10.5. The van der Waals surface area contributed by atoms with Gasteiger partial charge >= 0.3 is 0 Å². The Bertz CT molecular complexity index is 270. The van der Waals surface area contributed by atoms with Gasteiger partial charge in [0.2, 0.25) is 0 Å². The van der Waals surface area contributed by atoms with Crippen molar-refractivity contribution in [1.82, 2.24) is 0 Å². The van der Waals surface area contributed by atoms with Crippen LogP contribution in [-0.2, 0) is 13.8 Å². The van der Waals surface area contributed by atoms with Gasteiger partial charge in [-0.15, -0.1) is 6.58 Å². The van der Waals surface area contributed by atoms with Crippen molar-refractivity contribution in [1.29, 1.82) is 0 Å². The lowest BCUT2D eigenvalue weighted by Crippen LogP contribution is -2.22. The van der Waals surface area contributed by atoms with Crippen LogP contribution in [0.15, 0.2) is 12.7 Å². The van der Waals surface area contributed by atoms with Crippen molar-refractivity contribution in [3.05, 3.63) is 12.7 Å². The third-order valence-electron chi connectivity index (χ3n) is 3.54. The average molecular weight is 276 g/mol. The summed E-state index contributed by atoms with van der Waals surface area (Å²) in [4.78, 5) is 11.9. The average Bonchev–Trinajstić information content (AvgIpc) is 2.63. The van der Waals surface area contributed by atoms with Crippen molar-refractivity contribution in [3.8, 4) is 0 Å². The smallest absolute Gasteiger partial charge is 0.139 e. The summed E-state index contributed by atoms with van der Waals surface area (Å²) in [5.41, 5.74) is 0. The van der Waals surface area contributed by atoms with Crippen LogP contribution < -0.4 is 0 Å². The molecule has 1 rings (SSSR count). The molecule has 17 heavy (non-hydrogen) atoms. The highest BCUT2D eigenvalue weighted by Crippen LogP contribution is 2.38. The Hall–Kier alpha value is 0.190. The van der Waals surface area contributed by atoms with Crippen molar-refractivity contribution < 1.29 is 13.8 Å². The van der Waals surface area contributed by atoms with Crippen molar-refractivity contribution in [2.75, 3.05) is 0 Å². The summed E-state index contributed by atoms with van der Waals surface area (Å²) in [6.45, 7) is 5.76. The molecule has 1 aliphatic rings. The van der Waals surface area contributed by atoms with Gasteiger partial charge in [-0.25, -0.2) is 0 Å². The number of hydrogen-bond donors (Lipinski definition) is 0. The van der Waals surface area contributed by atoms with E-state index in [1.807, 2.05) is 13.0 Å². The van der Waals surface area contributed by atoms with E-state index in [1.54, 1.807) is 0 Å². The molecule has 5 heteroatoms. The molecule has 0 aromatic carbocycles. The number of ketones is 1. The Kier molecular flexibility index (Phi) is 6.80. The van der Waals surface area contributed by atoms with E-state index in [-0.39, 0.29) is 18.1 Å². The number of allylic oxidation sites excluding steroid dienone is 1. The van der Waals surface area contributed by atoms with Gasteiger partial charge in [-0.3, -0.25) is 4.79 Å². The van der Waals surface area contributed by atoms with Gasteiger partial charge in [-0.05, 0) is 32.1 Å². The molecule has 0 aromatic rings. The highest BCUT2D eigenvalue weighted by atomic mass is 31.0. The van der Waals surface area contributed by atoms with Gasteiger partial charge < -0.3 is 9.05 Å². The fourth-order valence-electron chi connectivity index (χ4n) is 2.52. The van der Waals surface area contributed by atoms with Crippen LogP contribution >= 0.6 is 18.9 Å². The number of carbonyl (C=O) groups is 1. The summed E-state index contributed by atoms with van der Waals surface area (Å²) in [5, 5.41) is 0. The molecule has 1 aliphatic carbocycles. The number of carbonyl (C=O) groups excluding carboxylic acids is 1. The van der Waals surface area contributed by atoms with Gasteiger partial charge in [0.15, 0.2) is 0 Å². The zero-order chi connectivity index (χ0) is 12.8. The quantitative estimate of drug-likeness (QED) is 0.530. The molecule has 0 N–H and O–H groups in total. The van der Waals surface area contributed by atoms with Crippen LogP contribution in [0.25, 0.3) is 0 Å². The van der Waals surface area contributed by atoms with E-state index < -0.39 is 0 Å². The van der Waals surface area contributed by atoms with Crippen LogP contribution in [0.5, 0.6) is 0 Å². The Morgan fingerprint density at radius 3 is 2.82 bits per heavy atom. The molecule has 2 unspecified atom stereocenters. The van der Waals surface area contributed by atoms with E-state index in [2.05, 4.69) is 25.5 Å². The molecule has 0 heterocycles. The van der Waals surface area contributed by atoms with Crippen LogP contribution in [-0.4, -0.2) is 18.0 Å². The maximum atomic E-state index is 11.9. The van der Waals surface area contributed by atoms with Crippen LogP contribution in [0.4, 0.5) is 0 Å².